The first kappa shape index (κ1) is 12.5. The molecule has 1 heterocycles. The molecule has 0 aliphatic heterocycles. The molecule has 0 aliphatic carbocycles. The van der Waals surface area contributed by atoms with Gasteiger partial charge in [-0.1, -0.05) is 12.2 Å². The average molecular weight is 258 g/mol. The van der Waals surface area contributed by atoms with Gasteiger partial charge in [0, 0.05) is 11.1 Å². The molecule has 0 atom stereocenters. The Bertz CT molecular complexity index is 391. The number of thiazole rings is 1. The predicted octanol–water partition coefficient (Wildman–Crippen LogP) is -0.838. The van der Waals surface area contributed by atoms with Crippen molar-refractivity contribution in [1.29, 1.82) is 0 Å². The summed E-state index contributed by atoms with van der Waals surface area (Å²) in [6, 6.07) is 0. The molecule has 0 fully saturated rings. The Balaban J connectivity index is 2.29. The Morgan fingerprint density at radius 3 is 2.69 bits per heavy atom. The minimum absolute atomic E-state index is 0.0160. The van der Waals surface area contributed by atoms with Crippen LogP contribution in [0.1, 0.15) is 4.88 Å². The fourth-order valence-corrected chi connectivity index (χ4v) is 1.43. The molecule has 0 unspecified atom stereocenters. The van der Waals surface area contributed by atoms with E-state index in [-0.39, 0.29) is 18.1 Å². The standard InChI is InChI=1S/C8H10N4O2S2/c9-6(15)3-12-8(14)7(13)11-2-5-1-10-4-16-5/h1,4H,2-3H2,(H2,9,15)(H,11,13)(H,12,14). The van der Waals surface area contributed by atoms with Gasteiger partial charge in [-0.15, -0.1) is 11.3 Å². The van der Waals surface area contributed by atoms with Gasteiger partial charge in [0.15, 0.2) is 0 Å². The van der Waals surface area contributed by atoms with Gasteiger partial charge in [0.1, 0.15) is 0 Å². The number of nitrogens with one attached hydrogen (secondary N) is 2. The predicted molar refractivity (Wildman–Crippen MR) is 63.8 cm³/mol. The normalized spacial score (nSPS) is 9.50. The Morgan fingerprint density at radius 1 is 1.44 bits per heavy atom. The molecule has 0 aliphatic rings. The highest BCUT2D eigenvalue weighted by molar-refractivity contribution is 7.80. The number of nitrogens with zero attached hydrogens (tertiary/aromatic N) is 1. The van der Waals surface area contributed by atoms with Crippen LogP contribution in [0.2, 0.25) is 0 Å². The number of hydrogen-bond donors (Lipinski definition) is 3. The molecular formula is C8H10N4O2S2. The molecule has 1 rings (SSSR count). The summed E-state index contributed by atoms with van der Waals surface area (Å²) >= 11 is 5.95. The van der Waals surface area contributed by atoms with Crippen molar-refractivity contribution in [2.75, 3.05) is 6.54 Å². The molecule has 4 N–H and O–H groups in total. The zero-order chi connectivity index (χ0) is 12.0. The van der Waals surface area contributed by atoms with Crippen LogP contribution in [0.5, 0.6) is 0 Å². The highest BCUT2D eigenvalue weighted by Crippen LogP contribution is 2.03. The van der Waals surface area contributed by atoms with E-state index in [1.807, 2.05) is 0 Å². The van der Waals surface area contributed by atoms with Gasteiger partial charge in [-0.2, -0.15) is 0 Å². The first-order valence-corrected chi connectivity index (χ1v) is 5.60. The minimum Gasteiger partial charge on any atom is -0.392 e. The second-order valence-corrected chi connectivity index (χ2v) is 4.29. The van der Waals surface area contributed by atoms with Gasteiger partial charge >= 0.3 is 11.8 Å². The number of amides is 2. The van der Waals surface area contributed by atoms with Gasteiger partial charge in [0.2, 0.25) is 0 Å². The van der Waals surface area contributed by atoms with Crippen molar-refractivity contribution in [1.82, 2.24) is 15.6 Å². The molecule has 0 saturated carbocycles. The Labute approximate surface area is 101 Å². The van der Waals surface area contributed by atoms with Crippen LogP contribution in [-0.2, 0) is 16.1 Å². The molecular weight excluding hydrogens is 248 g/mol. The lowest BCUT2D eigenvalue weighted by molar-refractivity contribution is -0.139. The van der Waals surface area contributed by atoms with Gasteiger partial charge in [-0.25, -0.2) is 0 Å². The fourth-order valence-electron chi connectivity index (χ4n) is 0.825. The monoisotopic (exact) mass is 258 g/mol. The maximum atomic E-state index is 11.2. The lowest BCUT2D eigenvalue weighted by Crippen LogP contribution is -2.42. The molecule has 0 spiro atoms. The maximum absolute atomic E-state index is 11.2. The summed E-state index contributed by atoms with van der Waals surface area (Å²) in [6.07, 6.45) is 1.62. The SMILES string of the molecule is NC(=S)CNC(=O)C(=O)NCc1cncs1. The van der Waals surface area contributed by atoms with Crippen LogP contribution in [0, 0.1) is 0 Å². The molecule has 0 radical (unpaired) electrons. The number of carbonyl (C=O) groups excluding carboxylic acids is 2. The molecule has 0 aromatic carbocycles. The van der Waals surface area contributed by atoms with Crippen molar-refractivity contribution >= 4 is 40.4 Å². The second-order valence-electron chi connectivity index (χ2n) is 2.80. The summed E-state index contributed by atoms with van der Waals surface area (Å²) in [4.78, 5) is 27.2. The largest absolute Gasteiger partial charge is 0.392 e. The summed E-state index contributed by atoms with van der Waals surface area (Å²) < 4.78 is 0. The Hall–Kier alpha value is -1.54. The molecule has 1 aromatic rings. The van der Waals surface area contributed by atoms with Gasteiger partial charge < -0.3 is 16.4 Å². The minimum atomic E-state index is -0.752. The van der Waals surface area contributed by atoms with E-state index in [1.54, 1.807) is 11.7 Å². The third-order valence-electron chi connectivity index (χ3n) is 1.54. The number of aromatic nitrogens is 1. The van der Waals surface area contributed by atoms with Crippen molar-refractivity contribution in [3.05, 3.63) is 16.6 Å². The van der Waals surface area contributed by atoms with Crippen molar-refractivity contribution in [2.24, 2.45) is 5.73 Å². The Morgan fingerprint density at radius 2 is 2.12 bits per heavy atom. The number of hydrogen-bond acceptors (Lipinski definition) is 5. The van der Waals surface area contributed by atoms with Crippen LogP contribution in [0.3, 0.4) is 0 Å². The van der Waals surface area contributed by atoms with E-state index in [0.29, 0.717) is 0 Å². The van der Waals surface area contributed by atoms with Crippen molar-refractivity contribution in [3.63, 3.8) is 0 Å². The van der Waals surface area contributed by atoms with Gasteiger partial charge in [-0.05, 0) is 0 Å². The number of thiocarbonyl (C=S) groups is 1. The first-order valence-electron chi connectivity index (χ1n) is 4.31. The van der Waals surface area contributed by atoms with Crippen LogP contribution in [0.4, 0.5) is 0 Å². The molecule has 6 nitrogen and oxygen atoms in total. The van der Waals surface area contributed by atoms with Gasteiger partial charge in [0.05, 0.1) is 23.6 Å². The molecule has 2 amide bonds. The third kappa shape index (κ3) is 4.32. The van der Waals surface area contributed by atoms with Crippen LogP contribution in [0.15, 0.2) is 11.7 Å². The summed E-state index contributed by atoms with van der Waals surface area (Å²) in [5.41, 5.74) is 6.82. The van der Waals surface area contributed by atoms with E-state index in [2.05, 4.69) is 27.8 Å². The van der Waals surface area contributed by atoms with Crippen molar-refractivity contribution in [3.8, 4) is 0 Å². The van der Waals surface area contributed by atoms with Crippen LogP contribution < -0.4 is 16.4 Å². The maximum Gasteiger partial charge on any atom is 0.309 e. The molecule has 16 heavy (non-hydrogen) atoms. The van der Waals surface area contributed by atoms with Gasteiger partial charge in [-0.3, -0.25) is 14.6 Å². The van der Waals surface area contributed by atoms with Crippen LogP contribution in [0.25, 0.3) is 0 Å². The average Bonchev–Trinajstić information content (AvgIpc) is 2.75. The summed E-state index contributed by atoms with van der Waals surface area (Å²) in [5.74, 6) is -1.47. The third-order valence-corrected chi connectivity index (χ3v) is 2.46. The summed E-state index contributed by atoms with van der Waals surface area (Å²) in [5, 5.41) is 4.73. The van der Waals surface area contributed by atoms with Crippen molar-refractivity contribution < 1.29 is 9.59 Å². The van der Waals surface area contributed by atoms with E-state index >= 15 is 0 Å². The van der Waals surface area contributed by atoms with E-state index in [4.69, 9.17) is 5.73 Å². The Kier molecular flexibility index (Phi) is 4.80. The number of rotatable bonds is 4. The second kappa shape index (κ2) is 6.13. The lowest BCUT2D eigenvalue weighted by Gasteiger charge is -2.04. The number of carbonyl (C=O) groups is 2. The van der Waals surface area contributed by atoms with E-state index in [0.717, 1.165) is 4.88 Å². The van der Waals surface area contributed by atoms with Crippen LogP contribution >= 0.6 is 23.6 Å². The van der Waals surface area contributed by atoms with E-state index in [9.17, 15) is 9.59 Å². The molecule has 8 heteroatoms. The molecule has 0 bridgehead atoms. The van der Waals surface area contributed by atoms with Gasteiger partial charge in [0.25, 0.3) is 0 Å². The topological polar surface area (TPSA) is 97.1 Å². The summed E-state index contributed by atoms with van der Waals surface area (Å²) in [6.45, 7) is 0.298. The zero-order valence-electron chi connectivity index (χ0n) is 8.23. The summed E-state index contributed by atoms with van der Waals surface area (Å²) in [7, 11) is 0. The molecule has 0 saturated heterocycles. The zero-order valence-corrected chi connectivity index (χ0v) is 9.86. The first-order chi connectivity index (χ1) is 7.59. The lowest BCUT2D eigenvalue weighted by atomic mass is 10.4. The smallest absolute Gasteiger partial charge is 0.309 e. The highest BCUT2D eigenvalue weighted by Gasteiger charge is 2.12. The van der Waals surface area contributed by atoms with E-state index in [1.165, 1.54) is 11.3 Å². The highest BCUT2D eigenvalue weighted by atomic mass is 32.1. The van der Waals surface area contributed by atoms with E-state index < -0.39 is 11.8 Å². The van der Waals surface area contributed by atoms with Crippen LogP contribution in [-0.4, -0.2) is 28.3 Å². The fraction of sp³-hybridized carbons (Fsp3) is 0.250. The number of nitrogens with two attached hydrogens (primary N) is 1. The van der Waals surface area contributed by atoms with Crippen molar-refractivity contribution in [2.45, 2.75) is 6.54 Å². The molecule has 86 valence electrons. The molecule has 1 aromatic heterocycles. The quantitative estimate of drug-likeness (QED) is 0.483.